The van der Waals surface area contributed by atoms with Crippen molar-refractivity contribution in [2.45, 2.75) is 45.6 Å². The number of aryl methyl sites for hydroxylation is 1. The third-order valence-corrected chi connectivity index (χ3v) is 7.45. The number of amides is 1. The zero-order chi connectivity index (χ0) is 26.6. The van der Waals surface area contributed by atoms with Gasteiger partial charge in [-0.15, -0.1) is 0 Å². The van der Waals surface area contributed by atoms with E-state index in [1.54, 1.807) is 23.1 Å². The minimum Gasteiger partial charge on any atom is -0.367 e. The zero-order valence-corrected chi connectivity index (χ0v) is 22.3. The molecule has 2 N–H and O–H groups in total. The molecule has 6 nitrogen and oxygen atoms in total. The smallest absolute Gasteiger partial charge is 0.252 e. The average Bonchev–Trinajstić information content (AvgIpc) is 3.77. The molecule has 2 aromatic carbocycles. The Labute approximate surface area is 224 Å². The molecule has 1 aliphatic carbocycles. The van der Waals surface area contributed by atoms with Crippen molar-refractivity contribution in [2.75, 3.05) is 36.4 Å². The molecule has 7 heteroatoms. The lowest BCUT2D eigenvalue weighted by Crippen LogP contribution is -2.43. The van der Waals surface area contributed by atoms with E-state index in [0.717, 1.165) is 38.2 Å². The molecule has 0 bridgehead atoms. The summed E-state index contributed by atoms with van der Waals surface area (Å²) in [5.74, 6) is 1.06. The second-order valence-corrected chi connectivity index (χ2v) is 10.0. The maximum absolute atomic E-state index is 15.0. The molecule has 3 aliphatic rings. The van der Waals surface area contributed by atoms with Crippen LogP contribution in [-0.2, 0) is 17.8 Å². The molecule has 0 atom stereocenters. The van der Waals surface area contributed by atoms with Gasteiger partial charge >= 0.3 is 0 Å². The Hall–Kier alpha value is -3.71. The molecule has 0 aromatic heterocycles. The fourth-order valence-corrected chi connectivity index (χ4v) is 5.27. The number of anilines is 2. The number of nitrogens with zero attached hydrogens (tertiary/aromatic N) is 3. The molecular formula is C31H36FN5O. The van der Waals surface area contributed by atoms with Gasteiger partial charge < -0.3 is 15.5 Å². The first-order valence-corrected chi connectivity index (χ1v) is 13.5. The van der Waals surface area contributed by atoms with Gasteiger partial charge in [-0.2, -0.15) is 0 Å². The molecule has 1 saturated heterocycles. The van der Waals surface area contributed by atoms with E-state index >= 15 is 0 Å². The minimum absolute atomic E-state index is 0.110. The van der Waals surface area contributed by atoms with Crippen LogP contribution in [0.2, 0.25) is 0 Å². The number of carbonyl (C=O) groups excluding carboxylic acids is 1. The Kier molecular flexibility index (Phi) is 7.74. The molecule has 0 spiro atoms. The molecule has 1 amide bonds. The Morgan fingerprint density at radius 2 is 2.00 bits per heavy atom. The summed E-state index contributed by atoms with van der Waals surface area (Å²) in [6.45, 7) is 11.9. The van der Waals surface area contributed by atoms with Gasteiger partial charge in [0.05, 0.1) is 12.2 Å². The standard InChI is InChI=1S/C31H36FN5O/c1-4-22-7-6-8-26(24-9-10-24)27(22)20-37-30(38)14-11-23(5-2)31(37)35-21(3)34-25-12-13-29(28(32)19-25)36-17-15-33-16-18-36/h5-8,11-14,19,24,33-34H,3-4,9-10,15-18,20H2,1-2H3/b23-5-,35-31+. The largest absolute Gasteiger partial charge is 0.367 e. The van der Waals surface area contributed by atoms with E-state index in [-0.39, 0.29) is 11.7 Å². The van der Waals surface area contributed by atoms with Gasteiger partial charge in [0.1, 0.15) is 17.5 Å². The van der Waals surface area contributed by atoms with Crippen LogP contribution < -0.4 is 15.5 Å². The lowest BCUT2D eigenvalue weighted by Gasteiger charge is -2.30. The summed E-state index contributed by atoms with van der Waals surface area (Å²) in [5, 5.41) is 6.41. The fourth-order valence-electron chi connectivity index (χ4n) is 5.27. The first kappa shape index (κ1) is 25.9. The highest BCUT2D eigenvalue weighted by atomic mass is 19.1. The molecule has 0 radical (unpaired) electrons. The Morgan fingerprint density at radius 3 is 2.68 bits per heavy atom. The number of benzene rings is 2. The highest BCUT2D eigenvalue weighted by Crippen LogP contribution is 2.43. The number of amidine groups is 1. The second kappa shape index (κ2) is 11.4. The molecule has 38 heavy (non-hydrogen) atoms. The van der Waals surface area contributed by atoms with Crippen molar-refractivity contribution in [2.24, 2.45) is 4.99 Å². The van der Waals surface area contributed by atoms with E-state index in [2.05, 4.69) is 42.3 Å². The van der Waals surface area contributed by atoms with Crippen molar-refractivity contribution in [3.8, 4) is 0 Å². The fraction of sp³-hybridized carbons (Fsp3) is 0.355. The third kappa shape index (κ3) is 5.58. The van der Waals surface area contributed by atoms with Gasteiger partial charge in [0, 0.05) is 43.5 Å². The van der Waals surface area contributed by atoms with Crippen molar-refractivity contribution < 1.29 is 9.18 Å². The summed E-state index contributed by atoms with van der Waals surface area (Å²) < 4.78 is 15.0. The highest BCUT2D eigenvalue weighted by Gasteiger charge is 2.30. The lowest BCUT2D eigenvalue weighted by atomic mass is 9.95. The quantitative estimate of drug-likeness (QED) is 0.489. The number of carbonyl (C=O) groups is 1. The Balaban J connectivity index is 1.40. The molecule has 2 heterocycles. The maximum atomic E-state index is 15.0. The number of rotatable bonds is 8. The van der Waals surface area contributed by atoms with Gasteiger partial charge in [-0.05, 0) is 73.1 Å². The van der Waals surface area contributed by atoms with E-state index in [0.29, 0.717) is 35.5 Å². The zero-order valence-electron chi connectivity index (χ0n) is 22.3. The molecule has 2 fully saturated rings. The van der Waals surface area contributed by atoms with Crippen LogP contribution in [0.1, 0.15) is 49.3 Å². The normalized spacial score (nSPS) is 19.9. The summed E-state index contributed by atoms with van der Waals surface area (Å²) in [7, 11) is 0. The molecule has 1 saturated carbocycles. The average molecular weight is 514 g/mol. The van der Waals surface area contributed by atoms with E-state index in [9.17, 15) is 9.18 Å². The monoisotopic (exact) mass is 513 g/mol. The van der Waals surface area contributed by atoms with Crippen molar-refractivity contribution in [3.63, 3.8) is 0 Å². The molecule has 2 aromatic rings. The van der Waals surface area contributed by atoms with Gasteiger partial charge in [0.15, 0.2) is 0 Å². The summed E-state index contributed by atoms with van der Waals surface area (Å²) in [5.41, 5.74) is 5.82. The minimum atomic E-state index is -0.285. The van der Waals surface area contributed by atoms with Gasteiger partial charge in [-0.1, -0.05) is 37.8 Å². The van der Waals surface area contributed by atoms with Crippen molar-refractivity contribution >= 4 is 23.1 Å². The molecule has 0 unspecified atom stereocenters. The van der Waals surface area contributed by atoms with Gasteiger partial charge in [0.2, 0.25) is 0 Å². The lowest BCUT2D eigenvalue weighted by molar-refractivity contribution is -0.123. The molecule has 5 rings (SSSR count). The number of hydrogen-bond donors (Lipinski definition) is 2. The van der Waals surface area contributed by atoms with Crippen LogP contribution >= 0.6 is 0 Å². The maximum Gasteiger partial charge on any atom is 0.252 e. The van der Waals surface area contributed by atoms with E-state index < -0.39 is 0 Å². The van der Waals surface area contributed by atoms with Crippen molar-refractivity contribution in [1.29, 1.82) is 0 Å². The topological polar surface area (TPSA) is 60.0 Å². The van der Waals surface area contributed by atoms with Crippen LogP contribution in [0.4, 0.5) is 15.8 Å². The van der Waals surface area contributed by atoms with Gasteiger partial charge in [-0.3, -0.25) is 9.69 Å². The second-order valence-electron chi connectivity index (χ2n) is 10.0. The summed E-state index contributed by atoms with van der Waals surface area (Å²) in [6.07, 6.45) is 8.62. The Bertz CT molecular complexity index is 1320. The predicted octanol–water partition coefficient (Wildman–Crippen LogP) is 5.50. The van der Waals surface area contributed by atoms with E-state index in [1.807, 2.05) is 24.0 Å². The predicted molar refractivity (Wildman–Crippen MR) is 153 cm³/mol. The number of hydrogen-bond acceptors (Lipinski definition) is 5. The Morgan fingerprint density at radius 1 is 1.21 bits per heavy atom. The van der Waals surface area contributed by atoms with Crippen LogP contribution in [0.5, 0.6) is 0 Å². The first-order valence-electron chi connectivity index (χ1n) is 13.5. The van der Waals surface area contributed by atoms with Crippen LogP contribution in [0.15, 0.2) is 77.6 Å². The molecular weight excluding hydrogens is 477 g/mol. The van der Waals surface area contributed by atoms with Crippen molar-refractivity contribution in [1.82, 2.24) is 10.2 Å². The van der Waals surface area contributed by atoms with Crippen LogP contribution in [0.3, 0.4) is 0 Å². The highest BCUT2D eigenvalue weighted by molar-refractivity contribution is 6.15. The summed E-state index contributed by atoms with van der Waals surface area (Å²) in [4.78, 5) is 21.7. The van der Waals surface area contributed by atoms with E-state index in [1.165, 1.54) is 35.6 Å². The van der Waals surface area contributed by atoms with Crippen LogP contribution in [-0.4, -0.2) is 42.8 Å². The molecule has 198 valence electrons. The summed E-state index contributed by atoms with van der Waals surface area (Å²) >= 11 is 0. The van der Waals surface area contributed by atoms with Gasteiger partial charge in [-0.25, -0.2) is 9.38 Å². The number of halogens is 1. The number of nitrogens with one attached hydrogen (secondary N) is 2. The van der Waals surface area contributed by atoms with Crippen molar-refractivity contribution in [3.05, 3.63) is 95.1 Å². The van der Waals surface area contributed by atoms with Crippen LogP contribution in [0.25, 0.3) is 0 Å². The van der Waals surface area contributed by atoms with Gasteiger partial charge in [0.25, 0.3) is 5.91 Å². The van der Waals surface area contributed by atoms with Crippen LogP contribution in [0, 0.1) is 5.82 Å². The summed E-state index contributed by atoms with van der Waals surface area (Å²) in [6, 6.07) is 11.6. The van der Waals surface area contributed by atoms with E-state index in [4.69, 9.17) is 4.99 Å². The first-order chi connectivity index (χ1) is 18.5. The number of piperazine rings is 1. The third-order valence-electron chi connectivity index (χ3n) is 7.45. The molecule has 2 aliphatic heterocycles. The SMILES string of the molecule is C=C(/N=C1\C(=C/C)C=CC(=O)N1Cc1c(CC)cccc1C1CC1)Nc1ccc(N2CCNCC2)c(F)c1. The number of allylic oxidation sites excluding steroid dienone is 1. The number of aliphatic imine (C=N–C) groups is 1.